The lowest BCUT2D eigenvalue weighted by Crippen LogP contribution is -2.40. The van der Waals surface area contributed by atoms with Gasteiger partial charge in [-0.25, -0.2) is 4.79 Å². The zero-order valence-corrected chi connectivity index (χ0v) is 16.1. The first-order chi connectivity index (χ1) is 13.0. The van der Waals surface area contributed by atoms with Crippen molar-refractivity contribution in [2.45, 2.75) is 32.6 Å². The van der Waals surface area contributed by atoms with E-state index in [9.17, 15) is 9.59 Å². The van der Waals surface area contributed by atoms with Gasteiger partial charge in [0.15, 0.2) is 0 Å². The number of rotatable bonds is 5. The van der Waals surface area contributed by atoms with Crippen molar-refractivity contribution in [2.75, 3.05) is 20.8 Å². The number of ketones is 1. The van der Waals surface area contributed by atoms with Crippen LogP contribution < -0.4 is 14.8 Å². The lowest BCUT2D eigenvalue weighted by atomic mass is 9.70. The summed E-state index contributed by atoms with van der Waals surface area (Å²) in [6, 6.07) is 5.44. The lowest BCUT2D eigenvalue weighted by molar-refractivity contribution is -0.139. The maximum atomic E-state index is 12.8. The number of fused-ring (bicyclic) bond motifs is 1. The van der Waals surface area contributed by atoms with Gasteiger partial charge in [-0.2, -0.15) is 0 Å². The first kappa shape index (κ1) is 19.0. The molecule has 27 heavy (non-hydrogen) atoms. The predicted molar refractivity (Wildman–Crippen MR) is 101 cm³/mol. The van der Waals surface area contributed by atoms with E-state index in [1.54, 1.807) is 27.2 Å². The number of esters is 1. The number of hydrogen-bond donors (Lipinski definition) is 1. The molecule has 2 aliphatic rings. The number of nitrogens with one attached hydrogen (secondary N) is 1. The van der Waals surface area contributed by atoms with Crippen molar-refractivity contribution in [1.82, 2.24) is 5.32 Å². The molecule has 1 aromatic rings. The van der Waals surface area contributed by atoms with Gasteiger partial charge < -0.3 is 19.5 Å². The van der Waals surface area contributed by atoms with Gasteiger partial charge in [0.25, 0.3) is 0 Å². The maximum Gasteiger partial charge on any atom is 0.336 e. The van der Waals surface area contributed by atoms with Crippen molar-refractivity contribution in [3.05, 3.63) is 46.8 Å². The molecule has 144 valence electrons. The van der Waals surface area contributed by atoms with Gasteiger partial charge in [-0.05, 0) is 26.3 Å². The minimum Gasteiger partial charge on any atom is -0.497 e. The molecule has 0 saturated carbocycles. The zero-order chi connectivity index (χ0) is 19.6. The standard InChI is InChI=1S/C21H25NO5/c1-5-27-21(24)18-12(2)22-15-7-6-8-16(23)20(15)19(18)14-10-9-13(25-3)11-17(14)26-4/h7,9-11,19-20,22H,5-6,8H2,1-4H3. The minimum atomic E-state index is -0.467. The summed E-state index contributed by atoms with van der Waals surface area (Å²) in [6.45, 7) is 3.87. The third-order valence-electron chi connectivity index (χ3n) is 5.09. The van der Waals surface area contributed by atoms with Crippen LogP contribution in [-0.4, -0.2) is 32.6 Å². The number of hydrogen-bond acceptors (Lipinski definition) is 6. The van der Waals surface area contributed by atoms with E-state index in [0.717, 1.165) is 11.3 Å². The molecule has 1 heterocycles. The van der Waals surface area contributed by atoms with Gasteiger partial charge in [-0.1, -0.05) is 12.1 Å². The topological polar surface area (TPSA) is 73.9 Å². The van der Waals surface area contributed by atoms with Gasteiger partial charge >= 0.3 is 5.97 Å². The highest BCUT2D eigenvalue weighted by atomic mass is 16.5. The molecule has 1 aliphatic carbocycles. The Labute approximate surface area is 159 Å². The fourth-order valence-corrected chi connectivity index (χ4v) is 3.90. The van der Waals surface area contributed by atoms with E-state index >= 15 is 0 Å². The second-order valence-corrected chi connectivity index (χ2v) is 6.61. The Hall–Kier alpha value is -2.76. The van der Waals surface area contributed by atoms with Crippen molar-refractivity contribution in [3.8, 4) is 11.5 Å². The first-order valence-corrected chi connectivity index (χ1v) is 9.11. The molecule has 0 spiro atoms. The Bertz CT molecular complexity index is 824. The Morgan fingerprint density at radius 1 is 1.22 bits per heavy atom. The molecule has 3 rings (SSSR count). The molecule has 0 amide bonds. The van der Waals surface area contributed by atoms with Gasteiger partial charge in [0.2, 0.25) is 0 Å². The van der Waals surface area contributed by atoms with Crippen molar-refractivity contribution in [1.29, 1.82) is 0 Å². The number of benzene rings is 1. The van der Waals surface area contributed by atoms with E-state index < -0.39 is 17.8 Å². The van der Waals surface area contributed by atoms with Gasteiger partial charge in [0, 0.05) is 35.4 Å². The Kier molecular flexibility index (Phi) is 5.54. The number of methoxy groups -OCH3 is 2. The van der Waals surface area contributed by atoms with Gasteiger partial charge in [-0.3, -0.25) is 4.79 Å². The molecular formula is C21H25NO5. The third kappa shape index (κ3) is 3.44. The molecule has 1 aliphatic heterocycles. The molecule has 1 aromatic carbocycles. The highest BCUT2D eigenvalue weighted by Gasteiger charge is 2.44. The molecule has 0 radical (unpaired) electrons. The Morgan fingerprint density at radius 3 is 2.67 bits per heavy atom. The number of allylic oxidation sites excluding steroid dienone is 3. The van der Waals surface area contributed by atoms with Crippen molar-refractivity contribution in [3.63, 3.8) is 0 Å². The second-order valence-electron chi connectivity index (χ2n) is 6.61. The fourth-order valence-electron chi connectivity index (χ4n) is 3.90. The largest absolute Gasteiger partial charge is 0.497 e. The Morgan fingerprint density at radius 2 is 2.00 bits per heavy atom. The van der Waals surface area contributed by atoms with Crippen LogP contribution in [0.2, 0.25) is 0 Å². The van der Waals surface area contributed by atoms with E-state index in [0.29, 0.717) is 35.6 Å². The third-order valence-corrected chi connectivity index (χ3v) is 5.09. The molecular weight excluding hydrogens is 346 g/mol. The van der Waals surface area contributed by atoms with Crippen LogP contribution in [0.5, 0.6) is 11.5 Å². The summed E-state index contributed by atoms with van der Waals surface area (Å²) >= 11 is 0. The molecule has 6 nitrogen and oxygen atoms in total. The second kappa shape index (κ2) is 7.86. The molecule has 1 N–H and O–H groups in total. The highest BCUT2D eigenvalue weighted by molar-refractivity contribution is 5.96. The normalized spacial score (nSPS) is 21.8. The first-order valence-electron chi connectivity index (χ1n) is 9.11. The summed E-state index contributed by atoms with van der Waals surface area (Å²) in [5.41, 5.74) is 2.79. The fraction of sp³-hybridized carbons (Fsp3) is 0.429. The molecule has 2 atom stereocenters. The summed E-state index contributed by atoms with van der Waals surface area (Å²) in [7, 11) is 3.15. The maximum absolute atomic E-state index is 12.8. The van der Waals surface area contributed by atoms with Gasteiger partial charge in [-0.15, -0.1) is 0 Å². The van der Waals surface area contributed by atoms with Gasteiger partial charge in [0.05, 0.1) is 32.3 Å². The Balaban J connectivity index is 2.21. The summed E-state index contributed by atoms with van der Waals surface area (Å²) in [5, 5.41) is 3.25. The van der Waals surface area contributed by atoms with E-state index in [-0.39, 0.29) is 12.4 Å². The minimum absolute atomic E-state index is 0.108. The average molecular weight is 371 g/mol. The van der Waals surface area contributed by atoms with Crippen LogP contribution in [0.3, 0.4) is 0 Å². The van der Waals surface area contributed by atoms with E-state index in [2.05, 4.69) is 5.32 Å². The van der Waals surface area contributed by atoms with Crippen LogP contribution in [0.15, 0.2) is 41.2 Å². The summed E-state index contributed by atoms with van der Waals surface area (Å²) in [5.74, 6) is -0.00319. The van der Waals surface area contributed by atoms with Crippen LogP contribution >= 0.6 is 0 Å². The summed E-state index contributed by atoms with van der Waals surface area (Å²) in [4.78, 5) is 25.6. The number of ether oxygens (including phenoxy) is 3. The highest BCUT2D eigenvalue weighted by Crippen LogP contribution is 2.47. The zero-order valence-electron chi connectivity index (χ0n) is 16.1. The van der Waals surface area contributed by atoms with E-state index in [1.165, 1.54) is 0 Å². The molecule has 0 saturated heterocycles. The van der Waals surface area contributed by atoms with Crippen LogP contribution in [0.1, 0.15) is 38.2 Å². The van der Waals surface area contributed by atoms with E-state index in [1.807, 2.05) is 25.1 Å². The van der Waals surface area contributed by atoms with Crippen molar-refractivity contribution in [2.24, 2.45) is 5.92 Å². The smallest absolute Gasteiger partial charge is 0.336 e. The van der Waals surface area contributed by atoms with Crippen LogP contribution in [0, 0.1) is 5.92 Å². The number of carbonyl (C=O) groups excluding carboxylic acids is 2. The van der Waals surface area contributed by atoms with E-state index in [4.69, 9.17) is 14.2 Å². The monoisotopic (exact) mass is 371 g/mol. The number of carbonyl (C=O) groups is 2. The molecule has 0 bridgehead atoms. The molecule has 2 unspecified atom stereocenters. The summed E-state index contributed by atoms with van der Waals surface area (Å²) < 4.78 is 16.2. The molecule has 0 aromatic heterocycles. The molecule has 6 heteroatoms. The average Bonchev–Trinajstić information content (AvgIpc) is 2.66. The van der Waals surface area contributed by atoms with Crippen LogP contribution in [0.25, 0.3) is 0 Å². The van der Waals surface area contributed by atoms with Crippen LogP contribution in [-0.2, 0) is 14.3 Å². The SMILES string of the molecule is CCOC(=O)C1=C(C)NC2=CCCC(=O)C2C1c1ccc(OC)cc1OC. The van der Waals surface area contributed by atoms with Crippen molar-refractivity contribution >= 4 is 11.8 Å². The summed E-state index contributed by atoms with van der Waals surface area (Å²) in [6.07, 6.45) is 3.20. The molecule has 0 fully saturated rings. The van der Waals surface area contributed by atoms with Gasteiger partial charge in [0.1, 0.15) is 17.3 Å². The van der Waals surface area contributed by atoms with Crippen LogP contribution in [0.4, 0.5) is 0 Å². The quantitative estimate of drug-likeness (QED) is 0.802. The predicted octanol–water partition coefficient (Wildman–Crippen LogP) is 3.09. The van der Waals surface area contributed by atoms with Crippen molar-refractivity contribution < 1.29 is 23.8 Å². The number of Topliss-reactive ketones (excluding diaryl/α,β-unsaturated/α-hetero) is 1. The lowest BCUT2D eigenvalue weighted by Gasteiger charge is -2.38.